The Labute approximate surface area is 122 Å². The van der Waals surface area contributed by atoms with Crippen LogP contribution >= 0.6 is 15.9 Å². The molecule has 2 aliphatic heterocycles. The molecule has 1 amide bonds. The summed E-state index contributed by atoms with van der Waals surface area (Å²) < 4.78 is 0.907. The van der Waals surface area contributed by atoms with Gasteiger partial charge in [-0.05, 0) is 60.2 Å². The number of rotatable bonds is 2. The highest BCUT2D eigenvalue weighted by atomic mass is 79.9. The van der Waals surface area contributed by atoms with Crippen LogP contribution in [0.5, 0.6) is 0 Å². The highest BCUT2D eigenvalue weighted by molar-refractivity contribution is 9.10. The van der Waals surface area contributed by atoms with E-state index in [4.69, 9.17) is 0 Å². The van der Waals surface area contributed by atoms with Gasteiger partial charge in [-0.25, -0.2) is 0 Å². The molecule has 4 heteroatoms. The van der Waals surface area contributed by atoms with E-state index in [1.165, 1.54) is 12.8 Å². The second kappa shape index (κ2) is 5.25. The lowest BCUT2D eigenvalue weighted by molar-refractivity contribution is 0.0923. The van der Waals surface area contributed by atoms with Crippen molar-refractivity contribution in [2.24, 2.45) is 0 Å². The van der Waals surface area contributed by atoms with Gasteiger partial charge >= 0.3 is 0 Å². The van der Waals surface area contributed by atoms with Crippen molar-refractivity contribution in [1.29, 1.82) is 0 Å². The second-order valence-corrected chi connectivity index (χ2v) is 6.51. The van der Waals surface area contributed by atoms with Crippen molar-refractivity contribution < 1.29 is 4.79 Å². The highest BCUT2D eigenvalue weighted by Gasteiger charge is 2.34. The topological polar surface area (TPSA) is 41.1 Å². The molecule has 3 rings (SSSR count). The maximum Gasteiger partial charge on any atom is 0.252 e. The largest absolute Gasteiger partial charge is 0.349 e. The van der Waals surface area contributed by atoms with Gasteiger partial charge in [-0.15, -0.1) is 0 Å². The van der Waals surface area contributed by atoms with E-state index in [9.17, 15) is 4.79 Å². The molecule has 0 aromatic heterocycles. The molecule has 2 heterocycles. The van der Waals surface area contributed by atoms with Gasteiger partial charge in [-0.3, -0.25) is 4.79 Å². The zero-order valence-corrected chi connectivity index (χ0v) is 12.7. The molecule has 2 saturated heterocycles. The lowest BCUT2D eigenvalue weighted by Crippen LogP contribution is -2.48. The van der Waals surface area contributed by atoms with E-state index < -0.39 is 0 Å². The van der Waals surface area contributed by atoms with Crippen molar-refractivity contribution in [2.45, 2.75) is 50.7 Å². The predicted molar refractivity (Wildman–Crippen MR) is 79.3 cm³/mol. The minimum absolute atomic E-state index is 0.0434. The smallest absolute Gasteiger partial charge is 0.252 e. The summed E-state index contributed by atoms with van der Waals surface area (Å²) in [5.74, 6) is 0.0434. The fourth-order valence-corrected chi connectivity index (χ4v) is 3.71. The van der Waals surface area contributed by atoms with Crippen LogP contribution in [0.15, 0.2) is 22.7 Å². The van der Waals surface area contributed by atoms with Gasteiger partial charge in [0.15, 0.2) is 0 Å². The summed E-state index contributed by atoms with van der Waals surface area (Å²) in [7, 11) is 0. The van der Waals surface area contributed by atoms with Gasteiger partial charge in [0.05, 0.1) is 5.56 Å². The number of nitrogens with one attached hydrogen (secondary N) is 2. The van der Waals surface area contributed by atoms with Gasteiger partial charge < -0.3 is 10.6 Å². The van der Waals surface area contributed by atoms with Crippen molar-refractivity contribution >= 4 is 21.8 Å². The first kappa shape index (κ1) is 13.1. The van der Waals surface area contributed by atoms with Crippen molar-refractivity contribution in [3.8, 4) is 0 Å². The molecule has 0 spiro atoms. The van der Waals surface area contributed by atoms with E-state index in [-0.39, 0.29) is 5.91 Å². The molecule has 19 heavy (non-hydrogen) atoms. The van der Waals surface area contributed by atoms with Gasteiger partial charge in [-0.2, -0.15) is 0 Å². The molecular formula is C15H19BrN2O. The first-order valence-electron chi connectivity index (χ1n) is 6.95. The third-order valence-electron chi connectivity index (χ3n) is 4.24. The van der Waals surface area contributed by atoms with Crippen molar-refractivity contribution in [2.75, 3.05) is 0 Å². The van der Waals surface area contributed by atoms with Crippen molar-refractivity contribution in [1.82, 2.24) is 10.6 Å². The van der Waals surface area contributed by atoms with Gasteiger partial charge in [-0.1, -0.05) is 12.1 Å². The maximum atomic E-state index is 12.4. The number of fused-ring (bicyclic) bond motifs is 2. The van der Waals surface area contributed by atoms with Crippen LogP contribution < -0.4 is 10.6 Å². The number of benzene rings is 1. The Bertz CT molecular complexity index is 491. The number of hydrogen-bond donors (Lipinski definition) is 2. The van der Waals surface area contributed by atoms with Crippen LogP contribution in [0.2, 0.25) is 0 Å². The molecular weight excluding hydrogens is 304 g/mol. The summed E-state index contributed by atoms with van der Waals surface area (Å²) in [5, 5.41) is 6.79. The number of piperidine rings is 1. The standard InChI is InChI=1S/C15H19BrN2O/c1-9-3-2-4-13(14(9)16)15(19)18-12-7-10-5-6-11(8-12)17-10/h2-4,10-12,17H,5-8H2,1H3,(H,18,19). The highest BCUT2D eigenvalue weighted by Crippen LogP contribution is 2.27. The maximum absolute atomic E-state index is 12.4. The second-order valence-electron chi connectivity index (χ2n) is 5.72. The zero-order valence-electron chi connectivity index (χ0n) is 11.1. The van der Waals surface area contributed by atoms with E-state index in [1.54, 1.807) is 0 Å². The molecule has 3 nitrogen and oxygen atoms in total. The lowest BCUT2D eigenvalue weighted by Gasteiger charge is -2.29. The normalized spacial score (nSPS) is 29.3. The third kappa shape index (κ3) is 2.70. The SMILES string of the molecule is Cc1cccc(C(=O)NC2CC3CCC(C2)N3)c1Br. The van der Waals surface area contributed by atoms with Crippen LogP contribution in [0.4, 0.5) is 0 Å². The van der Waals surface area contributed by atoms with E-state index in [1.807, 2.05) is 25.1 Å². The summed E-state index contributed by atoms with van der Waals surface area (Å²) in [6.07, 6.45) is 4.63. The summed E-state index contributed by atoms with van der Waals surface area (Å²) >= 11 is 3.51. The van der Waals surface area contributed by atoms with Gasteiger partial charge in [0.1, 0.15) is 0 Å². The molecule has 0 aliphatic carbocycles. The predicted octanol–water partition coefficient (Wildman–Crippen LogP) is 2.77. The quantitative estimate of drug-likeness (QED) is 0.879. The van der Waals surface area contributed by atoms with Crippen LogP contribution in [0.1, 0.15) is 41.6 Å². The average molecular weight is 323 g/mol. The van der Waals surface area contributed by atoms with Crippen molar-refractivity contribution in [3.63, 3.8) is 0 Å². The molecule has 2 aliphatic rings. The first-order chi connectivity index (χ1) is 9.13. The zero-order chi connectivity index (χ0) is 13.4. The number of hydrogen-bond acceptors (Lipinski definition) is 2. The summed E-state index contributed by atoms with van der Waals surface area (Å²) in [5.41, 5.74) is 1.84. The fourth-order valence-electron chi connectivity index (χ4n) is 3.26. The minimum Gasteiger partial charge on any atom is -0.349 e. The number of aryl methyl sites for hydroxylation is 1. The Kier molecular flexibility index (Phi) is 3.63. The van der Waals surface area contributed by atoms with E-state index in [0.717, 1.165) is 28.4 Å². The Morgan fingerprint density at radius 2 is 2.00 bits per heavy atom. The van der Waals surface area contributed by atoms with E-state index in [0.29, 0.717) is 18.1 Å². The van der Waals surface area contributed by atoms with Crippen molar-refractivity contribution in [3.05, 3.63) is 33.8 Å². The van der Waals surface area contributed by atoms with Crippen LogP contribution in [-0.2, 0) is 0 Å². The number of carbonyl (C=O) groups excluding carboxylic acids is 1. The van der Waals surface area contributed by atoms with Crippen LogP contribution in [0.25, 0.3) is 0 Å². The monoisotopic (exact) mass is 322 g/mol. The first-order valence-corrected chi connectivity index (χ1v) is 7.75. The average Bonchev–Trinajstić information content (AvgIpc) is 2.72. The molecule has 102 valence electrons. The number of amides is 1. The molecule has 2 atom stereocenters. The van der Waals surface area contributed by atoms with E-state index >= 15 is 0 Å². The molecule has 2 fully saturated rings. The number of carbonyl (C=O) groups is 1. The van der Waals surface area contributed by atoms with Gasteiger partial charge in [0.2, 0.25) is 0 Å². The Morgan fingerprint density at radius 1 is 1.32 bits per heavy atom. The third-order valence-corrected chi connectivity index (χ3v) is 5.30. The molecule has 0 saturated carbocycles. The molecule has 0 radical (unpaired) electrons. The summed E-state index contributed by atoms with van der Waals surface area (Å²) in [4.78, 5) is 12.4. The van der Waals surface area contributed by atoms with Crippen LogP contribution in [-0.4, -0.2) is 24.0 Å². The Morgan fingerprint density at radius 3 is 2.68 bits per heavy atom. The Balaban J connectivity index is 1.70. The molecule has 1 aromatic carbocycles. The summed E-state index contributed by atoms with van der Waals surface area (Å²) in [6, 6.07) is 7.34. The summed E-state index contributed by atoms with van der Waals surface area (Å²) in [6.45, 7) is 2.01. The fraction of sp³-hybridized carbons (Fsp3) is 0.533. The molecule has 1 aromatic rings. The molecule has 2 bridgehead atoms. The van der Waals surface area contributed by atoms with E-state index in [2.05, 4.69) is 26.6 Å². The van der Waals surface area contributed by atoms with Gasteiger partial charge in [0, 0.05) is 22.6 Å². The van der Waals surface area contributed by atoms with Crippen LogP contribution in [0, 0.1) is 6.92 Å². The Hall–Kier alpha value is -0.870. The minimum atomic E-state index is 0.0434. The number of halogens is 1. The lowest BCUT2D eigenvalue weighted by atomic mass is 9.99. The van der Waals surface area contributed by atoms with Gasteiger partial charge in [0.25, 0.3) is 5.91 Å². The molecule has 2 unspecified atom stereocenters. The van der Waals surface area contributed by atoms with Crippen LogP contribution in [0.3, 0.4) is 0 Å². The molecule has 2 N–H and O–H groups in total.